The first-order valence-electron chi connectivity index (χ1n) is 7.74. The monoisotopic (exact) mass is 290 g/mol. The van der Waals surface area contributed by atoms with Crippen molar-refractivity contribution in [2.75, 3.05) is 20.1 Å². The molecule has 1 aliphatic carbocycles. The molecule has 1 saturated carbocycles. The lowest BCUT2D eigenvalue weighted by atomic mass is 10.1. The summed E-state index contributed by atoms with van der Waals surface area (Å²) in [5.74, 6) is 0.354. The van der Waals surface area contributed by atoms with Crippen LogP contribution in [0.5, 0.6) is 0 Å². The summed E-state index contributed by atoms with van der Waals surface area (Å²) in [7, 11) is 1.94. The lowest BCUT2D eigenvalue weighted by molar-refractivity contribution is -0.122. The first-order valence-corrected chi connectivity index (χ1v) is 7.74. The van der Waals surface area contributed by atoms with Crippen LogP contribution in [0.3, 0.4) is 0 Å². The molecule has 0 heterocycles. The van der Waals surface area contributed by atoms with Gasteiger partial charge in [-0.1, -0.05) is 30.7 Å². The summed E-state index contributed by atoms with van der Waals surface area (Å²) in [6, 6.07) is 8.08. The van der Waals surface area contributed by atoms with Gasteiger partial charge >= 0.3 is 0 Å². The molecule has 116 valence electrons. The van der Waals surface area contributed by atoms with E-state index in [4.69, 9.17) is 0 Å². The number of nitrogens with zero attached hydrogens (tertiary/aromatic N) is 1. The van der Waals surface area contributed by atoms with Crippen molar-refractivity contribution in [2.24, 2.45) is 5.92 Å². The fourth-order valence-electron chi connectivity index (χ4n) is 3.00. The van der Waals surface area contributed by atoms with Gasteiger partial charge < -0.3 is 10.4 Å². The van der Waals surface area contributed by atoms with E-state index in [0.717, 1.165) is 31.4 Å². The molecule has 2 rings (SSSR count). The zero-order valence-electron chi connectivity index (χ0n) is 13.0. The van der Waals surface area contributed by atoms with Gasteiger partial charge in [-0.25, -0.2) is 0 Å². The lowest BCUT2D eigenvalue weighted by Gasteiger charge is -2.22. The smallest absolute Gasteiger partial charge is 0.234 e. The van der Waals surface area contributed by atoms with Crippen LogP contribution in [-0.4, -0.2) is 42.2 Å². The number of carbonyl (C=O) groups is 1. The molecule has 4 nitrogen and oxygen atoms in total. The summed E-state index contributed by atoms with van der Waals surface area (Å²) in [4.78, 5) is 14.0. The van der Waals surface area contributed by atoms with Crippen molar-refractivity contribution in [3.8, 4) is 0 Å². The first kappa shape index (κ1) is 16.0. The standard InChI is InChI=1S/C17H26N2O2/c1-13-6-3-4-7-14(13)10-18-17(21)12-19(2)11-15-8-5-9-16(15)20/h3-4,6-7,15-16,20H,5,8-12H2,1-2H3,(H,18,21). The molecule has 4 heteroatoms. The normalized spacial score (nSPS) is 21.7. The number of aryl methyl sites for hydroxylation is 1. The summed E-state index contributed by atoms with van der Waals surface area (Å²) in [5, 5.41) is 12.8. The summed E-state index contributed by atoms with van der Waals surface area (Å²) in [6.07, 6.45) is 2.87. The highest BCUT2D eigenvalue weighted by atomic mass is 16.3. The minimum absolute atomic E-state index is 0.0354. The minimum Gasteiger partial charge on any atom is -0.393 e. The Morgan fingerprint density at radius 2 is 2.14 bits per heavy atom. The van der Waals surface area contributed by atoms with E-state index in [2.05, 4.69) is 18.3 Å². The van der Waals surface area contributed by atoms with Crippen molar-refractivity contribution in [2.45, 2.75) is 38.8 Å². The Hall–Kier alpha value is -1.39. The number of nitrogens with one attached hydrogen (secondary N) is 1. The topological polar surface area (TPSA) is 52.6 Å². The average Bonchev–Trinajstić information content (AvgIpc) is 2.83. The number of aliphatic hydroxyl groups excluding tert-OH is 1. The van der Waals surface area contributed by atoms with Crippen LogP contribution in [-0.2, 0) is 11.3 Å². The molecule has 0 bridgehead atoms. The molecule has 0 aromatic heterocycles. The quantitative estimate of drug-likeness (QED) is 0.838. The third-order valence-electron chi connectivity index (χ3n) is 4.32. The summed E-state index contributed by atoms with van der Waals surface area (Å²) in [5.41, 5.74) is 2.35. The van der Waals surface area contributed by atoms with E-state index < -0.39 is 0 Å². The van der Waals surface area contributed by atoms with E-state index in [9.17, 15) is 9.90 Å². The Balaban J connectivity index is 1.72. The summed E-state index contributed by atoms with van der Waals surface area (Å²) >= 11 is 0. The van der Waals surface area contributed by atoms with Gasteiger partial charge in [-0.3, -0.25) is 9.69 Å². The predicted molar refractivity (Wildman–Crippen MR) is 83.9 cm³/mol. The van der Waals surface area contributed by atoms with Gasteiger partial charge in [-0.05, 0) is 43.9 Å². The maximum Gasteiger partial charge on any atom is 0.234 e. The average molecular weight is 290 g/mol. The third kappa shape index (κ3) is 4.83. The zero-order valence-corrected chi connectivity index (χ0v) is 13.0. The van der Waals surface area contributed by atoms with Gasteiger partial charge in [-0.15, -0.1) is 0 Å². The number of likely N-dealkylation sites (N-methyl/N-ethyl adjacent to an activating group) is 1. The largest absolute Gasteiger partial charge is 0.393 e. The highest BCUT2D eigenvalue weighted by Gasteiger charge is 2.26. The molecule has 1 aliphatic rings. The summed E-state index contributed by atoms with van der Waals surface area (Å²) in [6.45, 7) is 3.80. The lowest BCUT2D eigenvalue weighted by Crippen LogP contribution is -2.38. The highest BCUT2D eigenvalue weighted by Crippen LogP contribution is 2.25. The van der Waals surface area contributed by atoms with Crippen LogP contribution in [0.25, 0.3) is 0 Å². The number of benzene rings is 1. The number of amides is 1. The van der Waals surface area contributed by atoms with E-state index in [1.165, 1.54) is 5.56 Å². The molecule has 1 aromatic rings. The number of hydrogen-bond acceptors (Lipinski definition) is 3. The Morgan fingerprint density at radius 3 is 2.81 bits per heavy atom. The van der Waals surface area contributed by atoms with E-state index >= 15 is 0 Å². The van der Waals surface area contributed by atoms with Crippen molar-refractivity contribution in [3.05, 3.63) is 35.4 Å². The van der Waals surface area contributed by atoms with Crippen LogP contribution in [0.15, 0.2) is 24.3 Å². The van der Waals surface area contributed by atoms with E-state index in [0.29, 0.717) is 19.0 Å². The minimum atomic E-state index is -0.192. The second-order valence-electron chi connectivity index (χ2n) is 6.16. The molecule has 2 atom stereocenters. The van der Waals surface area contributed by atoms with Crippen molar-refractivity contribution < 1.29 is 9.90 Å². The van der Waals surface area contributed by atoms with Gasteiger partial charge in [0.1, 0.15) is 0 Å². The van der Waals surface area contributed by atoms with Crippen molar-refractivity contribution in [1.29, 1.82) is 0 Å². The van der Waals surface area contributed by atoms with Gasteiger partial charge in [0.2, 0.25) is 5.91 Å². The number of hydrogen-bond donors (Lipinski definition) is 2. The second kappa shape index (κ2) is 7.57. The van der Waals surface area contributed by atoms with Gasteiger partial charge in [-0.2, -0.15) is 0 Å². The molecule has 0 saturated heterocycles. The molecule has 2 N–H and O–H groups in total. The molecular weight excluding hydrogens is 264 g/mol. The fraction of sp³-hybridized carbons (Fsp3) is 0.588. The Bertz CT molecular complexity index is 476. The van der Waals surface area contributed by atoms with Crippen LogP contribution < -0.4 is 5.32 Å². The van der Waals surface area contributed by atoms with E-state index in [-0.39, 0.29) is 12.0 Å². The van der Waals surface area contributed by atoms with Gasteiger partial charge in [0, 0.05) is 13.1 Å². The third-order valence-corrected chi connectivity index (χ3v) is 4.32. The molecule has 0 radical (unpaired) electrons. The molecule has 1 fully saturated rings. The second-order valence-corrected chi connectivity index (χ2v) is 6.16. The van der Waals surface area contributed by atoms with Crippen molar-refractivity contribution in [3.63, 3.8) is 0 Å². The number of aliphatic hydroxyl groups is 1. The van der Waals surface area contributed by atoms with Crippen molar-refractivity contribution >= 4 is 5.91 Å². The summed E-state index contributed by atoms with van der Waals surface area (Å²) < 4.78 is 0. The van der Waals surface area contributed by atoms with Crippen LogP contribution in [0.2, 0.25) is 0 Å². The molecule has 0 spiro atoms. The van der Waals surface area contributed by atoms with E-state index in [1.54, 1.807) is 0 Å². The highest BCUT2D eigenvalue weighted by molar-refractivity contribution is 5.78. The van der Waals surface area contributed by atoms with Gasteiger partial charge in [0.25, 0.3) is 0 Å². The molecule has 2 unspecified atom stereocenters. The van der Waals surface area contributed by atoms with Crippen LogP contribution in [0.1, 0.15) is 30.4 Å². The van der Waals surface area contributed by atoms with Crippen LogP contribution in [0.4, 0.5) is 0 Å². The SMILES string of the molecule is Cc1ccccc1CNC(=O)CN(C)CC1CCCC1O. The van der Waals surface area contributed by atoms with Crippen LogP contribution in [0, 0.1) is 12.8 Å². The maximum atomic E-state index is 12.0. The Kier molecular flexibility index (Phi) is 5.76. The van der Waals surface area contributed by atoms with Gasteiger partial charge in [0.05, 0.1) is 12.6 Å². The molecular formula is C17H26N2O2. The molecule has 21 heavy (non-hydrogen) atoms. The molecule has 1 amide bonds. The number of rotatable bonds is 6. The maximum absolute atomic E-state index is 12.0. The van der Waals surface area contributed by atoms with Gasteiger partial charge in [0.15, 0.2) is 0 Å². The Labute approximate surface area is 127 Å². The molecule has 1 aromatic carbocycles. The van der Waals surface area contributed by atoms with Crippen molar-refractivity contribution in [1.82, 2.24) is 10.2 Å². The zero-order chi connectivity index (χ0) is 15.2. The van der Waals surface area contributed by atoms with E-state index in [1.807, 2.05) is 30.1 Å². The fourth-order valence-corrected chi connectivity index (χ4v) is 3.00. The first-order chi connectivity index (χ1) is 10.1. The Morgan fingerprint density at radius 1 is 1.38 bits per heavy atom. The van der Waals surface area contributed by atoms with Crippen LogP contribution >= 0.6 is 0 Å². The number of carbonyl (C=O) groups excluding carboxylic acids is 1. The predicted octanol–water partition coefficient (Wildman–Crippen LogP) is 1.70. The molecule has 0 aliphatic heterocycles.